The molecule has 0 bridgehead atoms. The maximum Gasteiger partial charge on any atom is 0.168 e. The van der Waals surface area contributed by atoms with Gasteiger partial charge in [0.05, 0.1) is 0 Å². The average Bonchev–Trinajstić information content (AvgIpc) is 1.81. The normalized spacial score (nSPS) is 25.7. The van der Waals surface area contributed by atoms with Gasteiger partial charge in [-0.3, -0.25) is 0 Å². The molecule has 1 aliphatic rings. The van der Waals surface area contributed by atoms with Gasteiger partial charge in [0, 0.05) is 27.1 Å². The summed E-state index contributed by atoms with van der Waals surface area (Å²) in [5, 5.41) is 0. The van der Waals surface area contributed by atoms with Crippen molar-refractivity contribution in [2.24, 2.45) is 5.92 Å². The summed E-state index contributed by atoms with van der Waals surface area (Å²) in [5.74, 6) is 0.546. The molecule has 54 valence electrons. The SMILES string of the molecule is COC1(OC)CC(C)C1. The van der Waals surface area contributed by atoms with E-state index in [1.54, 1.807) is 14.2 Å². The molecule has 0 amide bonds. The third-order valence-electron chi connectivity index (χ3n) is 2.06. The van der Waals surface area contributed by atoms with Crippen LogP contribution in [0.15, 0.2) is 0 Å². The first kappa shape index (κ1) is 7.03. The van der Waals surface area contributed by atoms with Crippen LogP contribution in [0.4, 0.5) is 0 Å². The van der Waals surface area contributed by atoms with Gasteiger partial charge in [-0.1, -0.05) is 6.92 Å². The summed E-state index contributed by atoms with van der Waals surface area (Å²) in [7, 11) is 3.41. The summed E-state index contributed by atoms with van der Waals surface area (Å²) in [6.07, 6.45) is 2.08. The Hall–Kier alpha value is -0.0800. The minimum absolute atomic E-state index is 0.223. The Balaban J connectivity index is 2.36. The Morgan fingerprint density at radius 1 is 1.22 bits per heavy atom. The van der Waals surface area contributed by atoms with Gasteiger partial charge < -0.3 is 9.47 Å². The van der Waals surface area contributed by atoms with E-state index < -0.39 is 0 Å². The molecule has 0 aromatic carbocycles. The minimum Gasteiger partial charge on any atom is -0.353 e. The van der Waals surface area contributed by atoms with Crippen LogP contribution in [0.5, 0.6) is 0 Å². The molecule has 0 aromatic heterocycles. The lowest BCUT2D eigenvalue weighted by Crippen LogP contribution is -2.46. The summed E-state index contributed by atoms with van der Waals surface area (Å²) in [4.78, 5) is 0. The molecular weight excluding hydrogens is 116 g/mol. The van der Waals surface area contributed by atoms with E-state index in [-0.39, 0.29) is 5.79 Å². The third kappa shape index (κ3) is 1.10. The molecule has 1 rings (SSSR count). The maximum absolute atomic E-state index is 5.17. The van der Waals surface area contributed by atoms with Crippen molar-refractivity contribution in [1.82, 2.24) is 0 Å². The van der Waals surface area contributed by atoms with E-state index in [2.05, 4.69) is 6.92 Å². The maximum atomic E-state index is 5.17. The van der Waals surface area contributed by atoms with E-state index >= 15 is 0 Å². The summed E-state index contributed by atoms with van der Waals surface area (Å²) < 4.78 is 10.3. The van der Waals surface area contributed by atoms with Gasteiger partial charge >= 0.3 is 0 Å². The number of ether oxygens (including phenoxy) is 2. The van der Waals surface area contributed by atoms with E-state index in [9.17, 15) is 0 Å². The molecule has 1 saturated carbocycles. The third-order valence-corrected chi connectivity index (χ3v) is 2.06. The van der Waals surface area contributed by atoms with Gasteiger partial charge in [-0.25, -0.2) is 0 Å². The molecule has 9 heavy (non-hydrogen) atoms. The number of hydrogen-bond donors (Lipinski definition) is 0. The summed E-state index contributed by atoms with van der Waals surface area (Å²) in [6.45, 7) is 2.20. The quantitative estimate of drug-likeness (QED) is 0.526. The van der Waals surface area contributed by atoms with Crippen molar-refractivity contribution >= 4 is 0 Å². The van der Waals surface area contributed by atoms with Crippen LogP contribution in [0.2, 0.25) is 0 Å². The van der Waals surface area contributed by atoms with E-state index in [0.29, 0.717) is 0 Å². The van der Waals surface area contributed by atoms with E-state index in [0.717, 1.165) is 18.8 Å². The Morgan fingerprint density at radius 3 is 1.78 bits per heavy atom. The first-order valence-electron chi connectivity index (χ1n) is 3.33. The van der Waals surface area contributed by atoms with Crippen LogP contribution in [-0.2, 0) is 9.47 Å². The molecule has 2 nitrogen and oxygen atoms in total. The highest BCUT2D eigenvalue weighted by Gasteiger charge is 2.42. The fraction of sp³-hybridized carbons (Fsp3) is 1.00. The highest BCUT2D eigenvalue weighted by atomic mass is 16.7. The van der Waals surface area contributed by atoms with Crippen LogP contribution in [0.25, 0.3) is 0 Å². The lowest BCUT2D eigenvalue weighted by atomic mass is 9.80. The average molecular weight is 130 g/mol. The number of hydrogen-bond acceptors (Lipinski definition) is 2. The van der Waals surface area contributed by atoms with Gasteiger partial charge in [-0.2, -0.15) is 0 Å². The highest BCUT2D eigenvalue weighted by Crippen LogP contribution is 2.40. The van der Waals surface area contributed by atoms with Crippen molar-refractivity contribution in [3.8, 4) is 0 Å². The first-order valence-corrected chi connectivity index (χ1v) is 3.33. The fourth-order valence-electron chi connectivity index (χ4n) is 1.42. The Morgan fingerprint density at radius 2 is 1.67 bits per heavy atom. The van der Waals surface area contributed by atoms with Crippen molar-refractivity contribution in [3.63, 3.8) is 0 Å². The topological polar surface area (TPSA) is 18.5 Å². The predicted octanol–water partition coefficient (Wildman–Crippen LogP) is 1.41. The molecule has 0 unspecified atom stereocenters. The first-order chi connectivity index (χ1) is 4.22. The second-order valence-electron chi connectivity index (χ2n) is 2.83. The van der Waals surface area contributed by atoms with Crippen LogP contribution < -0.4 is 0 Å². The summed E-state index contributed by atoms with van der Waals surface area (Å²) >= 11 is 0. The molecule has 0 N–H and O–H groups in total. The Kier molecular flexibility index (Phi) is 1.78. The van der Waals surface area contributed by atoms with Gasteiger partial charge in [0.15, 0.2) is 5.79 Å². The van der Waals surface area contributed by atoms with Crippen molar-refractivity contribution in [3.05, 3.63) is 0 Å². The lowest BCUT2D eigenvalue weighted by Gasteiger charge is -2.43. The molecule has 0 spiro atoms. The zero-order valence-corrected chi connectivity index (χ0v) is 6.31. The minimum atomic E-state index is -0.223. The molecule has 0 aromatic rings. The van der Waals surface area contributed by atoms with Crippen LogP contribution >= 0.6 is 0 Å². The standard InChI is InChI=1S/C7H14O2/c1-6-4-7(5-6,8-2)9-3/h6H,4-5H2,1-3H3. The molecule has 0 aliphatic heterocycles. The van der Waals surface area contributed by atoms with Crippen molar-refractivity contribution in [2.75, 3.05) is 14.2 Å². The zero-order valence-electron chi connectivity index (χ0n) is 6.31. The molecule has 2 heteroatoms. The van der Waals surface area contributed by atoms with Gasteiger partial charge in [0.25, 0.3) is 0 Å². The largest absolute Gasteiger partial charge is 0.353 e. The Labute approximate surface area is 56.2 Å². The smallest absolute Gasteiger partial charge is 0.168 e. The molecule has 0 saturated heterocycles. The lowest BCUT2D eigenvalue weighted by molar-refractivity contribution is -0.267. The van der Waals surface area contributed by atoms with Gasteiger partial charge in [0.2, 0.25) is 0 Å². The van der Waals surface area contributed by atoms with Gasteiger partial charge in [-0.15, -0.1) is 0 Å². The van der Waals surface area contributed by atoms with Gasteiger partial charge in [-0.05, 0) is 5.92 Å². The van der Waals surface area contributed by atoms with Gasteiger partial charge in [0.1, 0.15) is 0 Å². The zero-order chi connectivity index (χ0) is 6.91. The summed E-state index contributed by atoms with van der Waals surface area (Å²) in [6, 6.07) is 0. The Bertz CT molecular complexity index is 89.1. The van der Waals surface area contributed by atoms with Crippen molar-refractivity contribution < 1.29 is 9.47 Å². The second kappa shape index (κ2) is 2.27. The molecule has 0 heterocycles. The van der Waals surface area contributed by atoms with Crippen molar-refractivity contribution in [1.29, 1.82) is 0 Å². The molecule has 1 aliphatic carbocycles. The van der Waals surface area contributed by atoms with Crippen LogP contribution in [0.1, 0.15) is 19.8 Å². The molecule has 0 atom stereocenters. The summed E-state index contributed by atoms with van der Waals surface area (Å²) in [5.41, 5.74) is 0. The predicted molar refractivity (Wildman–Crippen MR) is 35.1 cm³/mol. The number of rotatable bonds is 2. The van der Waals surface area contributed by atoms with E-state index in [4.69, 9.17) is 9.47 Å². The van der Waals surface area contributed by atoms with E-state index in [1.165, 1.54) is 0 Å². The highest BCUT2D eigenvalue weighted by molar-refractivity contribution is 4.85. The van der Waals surface area contributed by atoms with Crippen molar-refractivity contribution in [2.45, 2.75) is 25.6 Å². The van der Waals surface area contributed by atoms with Crippen LogP contribution in [0, 0.1) is 5.92 Å². The van der Waals surface area contributed by atoms with Crippen LogP contribution in [-0.4, -0.2) is 20.0 Å². The molecular formula is C7H14O2. The van der Waals surface area contributed by atoms with Crippen LogP contribution in [0.3, 0.4) is 0 Å². The monoisotopic (exact) mass is 130 g/mol. The molecule has 0 radical (unpaired) electrons. The molecule has 1 fully saturated rings. The fourth-order valence-corrected chi connectivity index (χ4v) is 1.42. The second-order valence-corrected chi connectivity index (χ2v) is 2.83. The number of methoxy groups -OCH3 is 2. The van der Waals surface area contributed by atoms with E-state index in [1.807, 2.05) is 0 Å².